The lowest BCUT2D eigenvalue weighted by Crippen LogP contribution is -2.49. The van der Waals surface area contributed by atoms with Gasteiger partial charge in [-0.05, 0) is 80.7 Å². The number of fused-ring (bicyclic) bond motifs is 1. The highest BCUT2D eigenvalue weighted by Gasteiger charge is 2.58. The van der Waals surface area contributed by atoms with Gasteiger partial charge in [-0.2, -0.15) is 5.26 Å². The van der Waals surface area contributed by atoms with E-state index in [4.69, 9.17) is 23.2 Å². The van der Waals surface area contributed by atoms with Gasteiger partial charge in [0.1, 0.15) is 10.3 Å². The number of amides is 2. The number of pyridine rings is 1. The Labute approximate surface area is 223 Å². The SMILES string of the molecule is CC(C)N(CCO)CCN(C(=O)Nc1cc(Cl)nc(Cl)c1)C1CC[C@]2(c3cccc(C#N)c3)CC2C1. The Morgan fingerprint density at radius 2 is 2.00 bits per heavy atom. The maximum Gasteiger partial charge on any atom is 0.322 e. The smallest absolute Gasteiger partial charge is 0.322 e. The molecule has 3 atom stereocenters. The number of nitrogens with one attached hydrogen (secondary N) is 1. The molecular weight excluding hydrogens is 497 g/mol. The summed E-state index contributed by atoms with van der Waals surface area (Å²) in [6.07, 6.45) is 3.88. The molecule has 0 radical (unpaired) electrons. The van der Waals surface area contributed by atoms with Gasteiger partial charge >= 0.3 is 6.03 Å². The third kappa shape index (κ3) is 5.95. The van der Waals surface area contributed by atoms with E-state index in [-0.39, 0.29) is 40.4 Å². The maximum absolute atomic E-state index is 13.5. The van der Waals surface area contributed by atoms with E-state index in [1.165, 1.54) is 5.56 Å². The first kappa shape index (κ1) is 26.7. The van der Waals surface area contributed by atoms with Gasteiger partial charge in [-0.1, -0.05) is 35.3 Å². The first-order valence-electron chi connectivity index (χ1n) is 12.5. The zero-order valence-corrected chi connectivity index (χ0v) is 22.3. The highest BCUT2D eigenvalue weighted by Crippen LogP contribution is 2.62. The number of aliphatic hydroxyl groups is 1. The molecule has 0 saturated heterocycles. The fourth-order valence-electron chi connectivity index (χ4n) is 5.72. The van der Waals surface area contributed by atoms with Crippen molar-refractivity contribution in [1.82, 2.24) is 14.8 Å². The van der Waals surface area contributed by atoms with Crippen LogP contribution in [0.3, 0.4) is 0 Å². The van der Waals surface area contributed by atoms with Crippen molar-refractivity contribution < 1.29 is 9.90 Å². The molecule has 192 valence electrons. The van der Waals surface area contributed by atoms with Crippen molar-refractivity contribution in [3.63, 3.8) is 0 Å². The Hall–Kier alpha value is -2.37. The second kappa shape index (κ2) is 11.4. The zero-order chi connectivity index (χ0) is 25.9. The van der Waals surface area contributed by atoms with Crippen LogP contribution in [0.1, 0.15) is 50.7 Å². The lowest BCUT2D eigenvalue weighted by atomic mass is 9.80. The monoisotopic (exact) mass is 529 g/mol. The van der Waals surface area contributed by atoms with Crippen LogP contribution in [-0.4, -0.2) is 64.2 Å². The summed E-state index contributed by atoms with van der Waals surface area (Å²) in [4.78, 5) is 21.6. The van der Waals surface area contributed by atoms with Crippen LogP contribution >= 0.6 is 23.2 Å². The van der Waals surface area contributed by atoms with Crippen molar-refractivity contribution >= 4 is 34.9 Å². The number of hydrogen-bond donors (Lipinski definition) is 2. The second-order valence-corrected chi connectivity index (χ2v) is 10.9. The number of anilines is 1. The quantitative estimate of drug-likeness (QED) is 0.429. The van der Waals surface area contributed by atoms with Gasteiger partial charge in [0.25, 0.3) is 0 Å². The molecule has 0 aliphatic heterocycles. The molecule has 0 bridgehead atoms. The molecule has 2 amide bonds. The number of nitrogens with zero attached hydrogens (tertiary/aromatic N) is 4. The number of carbonyl (C=O) groups excluding carboxylic acids is 1. The van der Waals surface area contributed by atoms with Gasteiger partial charge in [-0.15, -0.1) is 0 Å². The number of rotatable bonds is 9. The number of urea groups is 1. The van der Waals surface area contributed by atoms with Crippen molar-refractivity contribution in [3.05, 3.63) is 57.8 Å². The molecule has 0 spiro atoms. The minimum atomic E-state index is -0.189. The first-order valence-corrected chi connectivity index (χ1v) is 13.3. The number of nitriles is 1. The summed E-state index contributed by atoms with van der Waals surface area (Å²) >= 11 is 12.1. The van der Waals surface area contributed by atoms with Gasteiger partial charge in [-0.25, -0.2) is 9.78 Å². The molecule has 2 aliphatic rings. The standard InChI is InChI=1S/C27H33Cl2N5O2/c1-18(2)33(10-11-35)8-9-34(26(36)31-22-14-24(28)32-25(29)15-22)23-6-7-27(16-21(27)13-23)20-5-3-4-19(12-20)17-30/h3-5,12,14-15,18,21,23,35H,6-11,13,16H2,1-2H3,(H,31,32,36)/t21?,23?,27-/m1/s1. The summed E-state index contributed by atoms with van der Waals surface area (Å²) in [7, 11) is 0. The summed E-state index contributed by atoms with van der Waals surface area (Å²) in [6, 6.07) is 13.6. The largest absolute Gasteiger partial charge is 0.395 e. The van der Waals surface area contributed by atoms with Gasteiger partial charge in [0.2, 0.25) is 0 Å². The summed E-state index contributed by atoms with van der Waals surface area (Å²) in [5, 5.41) is 22.2. The molecule has 1 heterocycles. The van der Waals surface area contributed by atoms with Gasteiger partial charge < -0.3 is 15.3 Å². The average molecular weight is 531 g/mol. The van der Waals surface area contributed by atoms with E-state index in [0.717, 1.165) is 25.7 Å². The summed E-state index contributed by atoms with van der Waals surface area (Å²) in [5.41, 5.74) is 2.58. The maximum atomic E-state index is 13.5. The Kier molecular flexibility index (Phi) is 8.41. The number of carbonyl (C=O) groups is 1. The number of aliphatic hydroxyl groups excluding tert-OH is 1. The molecule has 7 nitrogen and oxygen atoms in total. The highest BCUT2D eigenvalue weighted by molar-refractivity contribution is 6.32. The van der Waals surface area contributed by atoms with Crippen LogP contribution in [0.25, 0.3) is 0 Å². The molecule has 4 rings (SSSR count). The van der Waals surface area contributed by atoms with E-state index in [1.54, 1.807) is 12.1 Å². The minimum Gasteiger partial charge on any atom is -0.395 e. The Morgan fingerprint density at radius 1 is 1.25 bits per heavy atom. The van der Waals surface area contributed by atoms with Crippen LogP contribution in [0.5, 0.6) is 0 Å². The third-order valence-corrected chi connectivity index (χ3v) is 8.13. The van der Waals surface area contributed by atoms with Gasteiger partial charge in [0.05, 0.1) is 18.2 Å². The topological polar surface area (TPSA) is 92.5 Å². The third-order valence-electron chi connectivity index (χ3n) is 7.74. The van der Waals surface area contributed by atoms with E-state index in [1.807, 2.05) is 23.1 Å². The normalized spacial score (nSPS) is 22.7. The Balaban J connectivity index is 1.50. The summed E-state index contributed by atoms with van der Waals surface area (Å²) < 4.78 is 0. The predicted octanol–water partition coefficient (Wildman–Crippen LogP) is 5.31. The fraction of sp³-hybridized carbons (Fsp3) is 0.519. The van der Waals surface area contributed by atoms with E-state index in [2.05, 4.69) is 41.2 Å². The summed E-state index contributed by atoms with van der Waals surface area (Å²) in [6.45, 7) is 6.04. The van der Waals surface area contributed by atoms with Crippen LogP contribution in [0, 0.1) is 17.2 Å². The first-order chi connectivity index (χ1) is 17.3. The zero-order valence-electron chi connectivity index (χ0n) is 20.8. The van der Waals surface area contributed by atoms with Crippen LogP contribution < -0.4 is 5.32 Å². The van der Waals surface area contributed by atoms with Gasteiger partial charge in [-0.3, -0.25) is 4.90 Å². The van der Waals surface area contributed by atoms with Crippen LogP contribution in [0.15, 0.2) is 36.4 Å². The van der Waals surface area contributed by atoms with Crippen LogP contribution in [0.2, 0.25) is 10.3 Å². The Bertz CT molecular complexity index is 1120. The van der Waals surface area contributed by atoms with E-state index in [9.17, 15) is 15.2 Å². The molecule has 9 heteroatoms. The molecule has 36 heavy (non-hydrogen) atoms. The number of benzene rings is 1. The van der Waals surface area contributed by atoms with Crippen LogP contribution in [0.4, 0.5) is 10.5 Å². The van der Waals surface area contributed by atoms with E-state index >= 15 is 0 Å². The van der Waals surface area contributed by atoms with Crippen LogP contribution in [-0.2, 0) is 5.41 Å². The molecule has 1 aromatic carbocycles. The van der Waals surface area contributed by atoms with Crippen molar-refractivity contribution in [1.29, 1.82) is 5.26 Å². The minimum absolute atomic E-state index is 0.0776. The highest BCUT2D eigenvalue weighted by atomic mass is 35.5. The molecule has 2 unspecified atom stereocenters. The van der Waals surface area contributed by atoms with Gasteiger partial charge in [0, 0.05) is 37.4 Å². The predicted molar refractivity (Wildman–Crippen MR) is 142 cm³/mol. The molecule has 2 saturated carbocycles. The van der Waals surface area contributed by atoms with E-state index < -0.39 is 0 Å². The van der Waals surface area contributed by atoms with Crippen molar-refractivity contribution in [3.8, 4) is 6.07 Å². The molecular formula is C27H33Cl2N5O2. The molecule has 1 aromatic heterocycles. The number of hydrogen-bond acceptors (Lipinski definition) is 5. The molecule has 2 aliphatic carbocycles. The molecule has 2 N–H and O–H groups in total. The van der Waals surface area contributed by atoms with E-state index in [0.29, 0.717) is 36.8 Å². The average Bonchev–Trinajstić information content (AvgIpc) is 3.58. The summed E-state index contributed by atoms with van der Waals surface area (Å²) in [5.74, 6) is 0.490. The molecule has 2 aromatic rings. The lowest BCUT2D eigenvalue weighted by molar-refractivity contribution is 0.122. The van der Waals surface area contributed by atoms with Crippen molar-refractivity contribution in [2.24, 2.45) is 5.92 Å². The fourth-order valence-corrected chi connectivity index (χ4v) is 6.18. The van der Waals surface area contributed by atoms with Crippen molar-refractivity contribution in [2.45, 2.75) is 57.0 Å². The molecule has 2 fully saturated rings. The lowest BCUT2D eigenvalue weighted by Gasteiger charge is -2.38. The number of halogens is 2. The Morgan fingerprint density at radius 3 is 2.64 bits per heavy atom. The number of aromatic nitrogens is 1. The van der Waals surface area contributed by atoms with Crippen molar-refractivity contribution in [2.75, 3.05) is 31.6 Å². The second-order valence-electron chi connectivity index (χ2n) is 10.2. The van der Waals surface area contributed by atoms with Gasteiger partial charge in [0.15, 0.2) is 0 Å².